The van der Waals surface area contributed by atoms with Crippen LogP contribution in [0.15, 0.2) is 23.2 Å². The van der Waals surface area contributed by atoms with Gasteiger partial charge in [-0.2, -0.15) is 0 Å². The van der Waals surface area contributed by atoms with E-state index in [9.17, 15) is 0 Å². The average Bonchev–Trinajstić information content (AvgIpc) is 3.04. The van der Waals surface area contributed by atoms with Gasteiger partial charge in [-0.3, -0.25) is 4.99 Å². The lowest BCUT2D eigenvalue weighted by Gasteiger charge is -2.20. The molecule has 0 radical (unpaired) electrons. The molecule has 1 aromatic rings. The molecule has 1 fully saturated rings. The smallest absolute Gasteiger partial charge is 0.195 e. The van der Waals surface area contributed by atoms with E-state index in [4.69, 9.17) is 9.47 Å². The van der Waals surface area contributed by atoms with Crippen molar-refractivity contribution in [3.8, 4) is 11.5 Å². The molecule has 0 saturated carbocycles. The third kappa shape index (κ3) is 7.29. The minimum Gasteiger partial charge on any atom is -0.490 e. The van der Waals surface area contributed by atoms with Gasteiger partial charge in [-0.25, -0.2) is 0 Å². The molecule has 2 heterocycles. The van der Waals surface area contributed by atoms with Gasteiger partial charge < -0.3 is 29.9 Å². The Hall–Kier alpha value is -1.26. The molecule has 0 aliphatic carbocycles. The topological polar surface area (TPSA) is 61.4 Å². The molecule has 2 aliphatic rings. The van der Waals surface area contributed by atoms with Crippen molar-refractivity contribution < 1.29 is 9.47 Å². The van der Waals surface area contributed by atoms with Crippen LogP contribution in [0.3, 0.4) is 0 Å². The molecule has 1 aromatic carbocycles. The molecule has 0 bridgehead atoms. The summed E-state index contributed by atoms with van der Waals surface area (Å²) in [7, 11) is 4.00. The molecular weight excluding hydrogens is 469 g/mol. The fourth-order valence-electron chi connectivity index (χ4n) is 3.39. The normalized spacial score (nSPS) is 18.6. The van der Waals surface area contributed by atoms with Crippen molar-refractivity contribution in [1.82, 2.24) is 15.1 Å². The number of anilines is 1. The summed E-state index contributed by atoms with van der Waals surface area (Å²) >= 11 is 0. The number of fused-ring (bicyclic) bond motifs is 1. The molecule has 0 unspecified atom stereocenters. The second kappa shape index (κ2) is 12.3. The van der Waals surface area contributed by atoms with Crippen molar-refractivity contribution in [3.05, 3.63) is 18.2 Å². The molecule has 0 atom stereocenters. The number of likely N-dealkylation sites (N-methyl/N-ethyl adjacent to an activating group) is 1. The molecular formula is C20H34IN5O2. The van der Waals surface area contributed by atoms with E-state index in [0.29, 0.717) is 13.2 Å². The van der Waals surface area contributed by atoms with Crippen molar-refractivity contribution in [1.29, 1.82) is 0 Å². The Morgan fingerprint density at radius 1 is 1.07 bits per heavy atom. The number of nitrogens with zero attached hydrogens (tertiary/aromatic N) is 3. The Balaban J connectivity index is 0.00000280. The summed E-state index contributed by atoms with van der Waals surface area (Å²) in [5, 5.41) is 6.74. The zero-order valence-electron chi connectivity index (χ0n) is 17.1. The largest absolute Gasteiger partial charge is 0.490 e. The van der Waals surface area contributed by atoms with Crippen LogP contribution in [0.1, 0.15) is 19.3 Å². The summed E-state index contributed by atoms with van der Waals surface area (Å²) in [6, 6.07) is 5.92. The fourth-order valence-corrected chi connectivity index (χ4v) is 3.39. The molecule has 0 amide bonds. The van der Waals surface area contributed by atoms with Gasteiger partial charge in [0, 0.05) is 44.9 Å². The number of halogens is 1. The first-order chi connectivity index (χ1) is 13.2. The van der Waals surface area contributed by atoms with Gasteiger partial charge in [-0.1, -0.05) is 0 Å². The number of guanidine groups is 1. The van der Waals surface area contributed by atoms with Crippen molar-refractivity contribution in [2.45, 2.75) is 19.3 Å². The van der Waals surface area contributed by atoms with Crippen LogP contribution in [0.4, 0.5) is 5.69 Å². The van der Waals surface area contributed by atoms with Crippen LogP contribution in [0.2, 0.25) is 0 Å². The van der Waals surface area contributed by atoms with Crippen LogP contribution >= 0.6 is 24.0 Å². The minimum atomic E-state index is 0. The van der Waals surface area contributed by atoms with E-state index in [2.05, 4.69) is 32.5 Å². The van der Waals surface area contributed by atoms with Gasteiger partial charge in [0.15, 0.2) is 17.5 Å². The van der Waals surface area contributed by atoms with Gasteiger partial charge in [-0.15, -0.1) is 24.0 Å². The summed E-state index contributed by atoms with van der Waals surface area (Å²) in [6.07, 6.45) is 3.27. The zero-order valence-corrected chi connectivity index (χ0v) is 19.4. The van der Waals surface area contributed by atoms with Crippen LogP contribution < -0.4 is 20.1 Å². The number of hydrogen-bond acceptors (Lipinski definition) is 5. The quantitative estimate of drug-likeness (QED) is 0.279. The maximum atomic E-state index is 5.75. The lowest BCUT2D eigenvalue weighted by molar-refractivity contribution is 0.274. The number of rotatable bonds is 5. The van der Waals surface area contributed by atoms with Crippen LogP contribution in [0.5, 0.6) is 11.5 Å². The van der Waals surface area contributed by atoms with Crippen molar-refractivity contribution >= 4 is 35.6 Å². The fraction of sp³-hybridized carbons (Fsp3) is 0.650. The van der Waals surface area contributed by atoms with E-state index >= 15 is 0 Å². The lowest BCUT2D eigenvalue weighted by atomic mass is 10.2. The standard InChI is InChI=1S/C20H33N5O2.HI/c1-21-20(22-8-3-10-25-11-4-9-24(2)12-13-25)23-17-6-7-18-19(16-17)27-15-5-14-26-18;/h6-7,16H,3-5,8-15H2,1-2H3,(H2,21,22,23);1H. The second-order valence-electron chi connectivity index (χ2n) is 7.19. The van der Waals surface area contributed by atoms with Crippen LogP contribution in [-0.2, 0) is 0 Å². The Kier molecular flexibility index (Phi) is 10.1. The third-order valence-electron chi connectivity index (χ3n) is 4.99. The van der Waals surface area contributed by atoms with E-state index in [1.54, 1.807) is 7.05 Å². The van der Waals surface area contributed by atoms with Crippen LogP contribution in [0, 0.1) is 0 Å². The Morgan fingerprint density at radius 2 is 1.89 bits per heavy atom. The highest BCUT2D eigenvalue weighted by Gasteiger charge is 2.12. The molecule has 3 rings (SSSR count). The van der Waals surface area contributed by atoms with Gasteiger partial charge in [-0.05, 0) is 51.7 Å². The molecule has 0 aromatic heterocycles. The Bertz CT molecular complexity index is 629. The highest BCUT2D eigenvalue weighted by Crippen LogP contribution is 2.32. The van der Waals surface area contributed by atoms with Gasteiger partial charge in [0.25, 0.3) is 0 Å². The monoisotopic (exact) mass is 503 g/mol. The van der Waals surface area contributed by atoms with E-state index in [0.717, 1.165) is 49.1 Å². The van der Waals surface area contributed by atoms with Crippen LogP contribution in [0.25, 0.3) is 0 Å². The number of aliphatic imine (C=N–C) groups is 1. The predicted octanol–water partition coefficient (Wildman–Crippen LogP) is 2.48. The van der Waals surface area contributed by atoms with Gasteiger partial charge in [0.1, 0.15) is 0 Å². The van der Waals surface area contributed by atoms with E-state index < -0.39 is 0 Å². The molecule has 2 aliphatic heterocycles. The van der Waals surface area contributed by atoms with Gasteiger partial charge >= 0.3 is 0 Å². The Labute approximate surface area is 185 Å². The minimum absolute atomic E-state index is 0. The summed E-state index contributed by atoms with van der Waals surface area (Å²) in [5.41, 5.74) is 0.947. The molecule has 7 nitrogen and oxygen atoms in total. The number of nitrogens with one attached hydrogen (secondary N) is 2. The van der Waals surface area contributed by atoms with E-state index in [-0.39, 0.29) is 24.0 Å². The van der Waals surface area contributed by atoms with E-state index in [1.165, 1.54) is 32.6 Å². The first-order valence-electron chi connectivity index (χ1n) is 10.0. The highest BCUT2D eigenvalue weighted by atomic mass is 127. The first kappa shape index (κ1) is 23.0. The molecule has 0 spiro atoms. The molecule has 2 N–H and O–H groups in total. The average molecular weight is 503 g/mol. The van der Waals surface area contributed by atoms with Gasteiger partial charge in [0.2, 0.25) is 0 Å². The highest BCUT2D eigenvalue weighted by molar-refractivity contribution is 14.0. The summed E-state index contributed by atoms with van der Waals surface area (Å²) in [5.74, 6) is 2.38. The third-order valence-corrected chi connectivity index (χ3v) is 4.99. The Morgan fingerprint density at radius 3 is 2.71 bits per heavy atom. The lowest BCUT2D eigenvalue weighted by Crippen LogP contribution is -2.35. The van der Waals surface area contributed by atoms with Crippen LogP contribution in [-0.4, -0.2) is 82.3 Å². The van der Waals surface area contributed by atoms with E-state index in [1.807, 2.05) is 18.2 Å². The molecule has 158 valence electrons. The zero-order chi connectivity index (χ0) is 18.9. The molecule has 28 heavy (non-hydrogen) atoms. The number of hydrogen-bond donors (Lipinski definition) is 2. The van der Waals surface area contributed by atoms with Crippen molar-refractivity contribution in [3.63, 3.8) is 0 Å². The maximum absolute atomic E-state index is 5.75. The number of benzene rings is 1. The van der Waals surface area contributed by atoms with Crippen molar-refractivity contribution in [2.24, 2.45) is 4.99 Å². The van der Waals surface area contributed by atoms with Crippen molar-refractivity contribution in [2.75, 3.05) is 71.9 Å². The number of ether oxygens (including phenoxy) is 2. The summed E-state index contributed by atoms with van der Waals surface area (Å²) in [6.45, 7) is 8.17. The SMILES string of the molecule is CN=C(NCCCN1CCCN(C)CC1)Nc1ccc2c(c1)OCCCO2.I. The predicted molar refractivity (Wildman–Crippen MR) is 126 cm³/mol. The molecule has 1 saturated heterocycles. The first-order valence-corrected chi connectivity index (χ1v) is 10.0. The molecule has 8 heteroatoms. The van der Waals surface area contributed by atoms with Gasteiger partial charge in [0.05, 0.1) is 13.2 Å². The maximum Gasteiger partial charge on any atom is 0.195 e. The summed E-state index contributed by atoms with van der Waals surface area (Å²) in [4.78, 5) is 9.30. The second-order valence-corrected chi connectivity index (χ2v) is 7.19. The summed E-state index contributed by atoms with van der Waals surface area (Å²) < 4.78 is 11.4.